The van der Waals surface area contributed by atoms with Crippen LogP contribution < -0.4 is 23.7 Å². The lowest BCUT2D eigenvalue weighted by molar-refractivity contribution is 0.411. The van der Waals surface area contributed by atoms with E-state index in [1.807, 2.05) is 72.8 Å². The van der Waals surface area contributed by atoms with E-state index < -0.39 is 0 Å². The van der Waals surface area contributed by atoms with Crippen LogP contribution in [0, 0.1) is 0 Å². The molecule has 0 aromatic heterocycles. The van der Waals surface area contributed by atoms with Crippen molar-refractivity contribution in [3.63, 3.8) is 0 Å². The molecular weight excluding hydrogens is 428 g/mol. The van der Waals surface area contributed by atoms with Crippen molar-refractivity contribution in [1.82, 2.24) is 0 Å². The standard InChI is InChI=1S/C15H16O2.C14H14O3/c1-16-14-7-3-12(4-8-14)11-13-5-9-15(17-2)10-6-13;1-15-11-3-7-13(8-4-11)17-14-9-5-12(16-2)6-10-14/h3-10H,11H2,1-2H3;3-10H,1-2H3. The number of hydrogen-bond donors (Lipinski definition) is 0. The van der Waals surface area contributed by atoms with E-state index in [0.29, 0.717) is 0 Å². The lowest BCUT2D eigenvalue weighted by atomic mass is 10.0. The Labute approximate surface area is 201 Å². The summed E-state index contributed by atoms with van der Waals surface area (Å²) in [5.41, 5.74) is 2.55. The molecule has 0 amide bonds. The first-order chi connectivity index (χ1) is 16.6. The highest BCUT2D eigenvalue weighted by Crippen LogP contribution is 2.25. The average Bonchev–Trinajstić information content (AvgIpc) is 2.91. The summed E-state index contributed by atoms with van der Waals surface area (Å²) in [5, 5.41) is 0. The predicted molar refractivity (Wildman–Crippen MR) is 135 cm³/mol. The zero-order valence-electron chi connectivity index (χ0n) is 20.0. The van der Waals surface area contributed by atoms with Crippen molar-refractivity contribution in [3.8, 4) is 34.5 Å². The number of hydrogen-bond acceptors (Lipinski definition) is 5. The fraction of sp³-hybridized carbons (Fsp3) is 0.172. The first kappa shape index (κ1) is 24.5. The van der Waals surface area contributed by atoms with Gasteiger partial charge in [-0.3, -0.25) is 0 Å². The average molecular weight is 459 g/mol. The number of rotatable bonds is 8. The van der Waals surface area contributed by atoms with Crippen molar-refractivity contribution in [3.05, 3.63) is 108 Å². The van der Waals surface area contributed by atoms with Crippen LogP contribution in [0.15, 0.2) is 97.1 Å². The van der Waals surface area contributed by atoms with Crippen LogP contribution in [0.4, 0.5) is 0 Å². The molecule has 5 nitrogen and oxygen atoms in total. The molecule has 0 N–H and O–H groups in total. The normalized spacial score (nSPS) is 9.88. The second-order valence-electron chi connectivity index (χ2n) is 7.33. The Morgan fingerprint density at radius 3 is 0.853 bits per heavy atom. The van der Waals surface area contributed by atoms with Gasteiger partial charge in [0.1, 0.15) is 34.5 Å². The highest BCUT2D eigenvalue weighted by atomic mass is 16.5. The molecule has 0 saturated heterocycles. The van der Waals surface area contributed by atoms with E-state index in [1.54, 1.807) is 28.4 Å². The molecule has 0 bridgehead atoms. The molecule has 0 radical (unpaired) electrons. The quantitative estimate of drug-likeness (QED) is 0.291. The van der Waals surface area contributed by atoms with Gasteiger partial charge in [-0.2, -0.15) is 0 Å². The molecule has 4 aromatic rings. The Morgan fingerprint density at radius 1 is 0.353 bits per heavy atom. The SMILES string of the molecule is COc1ccc(Cc2ccc(OC)cc2)cc1.COc1ccc(Oc2ccc(OC)cc2)cc1. The molecular formula is C29H30O5. The smallest absolute Gasteiger partial charge is 0.127 e. The Morgan fingerprint density at radius 2 is 0.588 bits per heavy atom. The van der Waals surface area contributed by atoms with Gasteiger partial charge in [0.05, 0.1) is 28.4 Å². The van der Waals surface area contributed by atoms with Gasteiger partial charge in [-0.1, -0.05) is 24.3 Å². The van der Waals surface area contributed by atoms with Gasteiger partial charge in [0.2, 0.25) is 0 Å². The summed E-state index contributed by atoms with van der Waals surface area (Å²) in [6.07, 6.45) is 0.925. The van der Waals surface area contributed by atoms with E-state index in [-0.39, 0.29) is 0 Å². The Hall–Kier alpha value is -4.12. The summed E-state index contributed by atoms with van der Waals surface area (Å²) in [5.74, 6) is 4.96. The first-order valence-corrected chi connectivity index (χ1v) is 10.9. The van der Waals surface area contributed by atoms with Gasteiger partial charge in [0, 0.05) is 0 Å². The van der Waals surface area contributed by atoms with E-state index in [2.05, 4.69) is 24.3 Å². The summed E-state index contributed by atoms with van der Waals surface area (Å²) < 4.78 is 26.1. The van der Waals surface area contributed by atoms with E-state index in [1.165, 1.54) is 11.1 Å². The lowest BCUT2D eigenvalue weighted by Crippen LogP contribution is -1.89. The Bertz CT molecular complexity index is 919. The molecule has 0 aliphatic carbocycles. The molecule has 5 heteroatoms. The molecule has 0 spiro atoms. The fourth-order valence-electron chi connectivity index (χ4n) is 3.15. The number of ether oxygens (including phenoxy) is 5. The second kappa shape index (κ2) is 12.8. The van der Waals surface area contributed by atoms with Crippen LogP contribution in [0.5, 0.6) is 34.5 Å². The van der Waals surface area contributed by atoms with Gasteiger partial charge in [-0.25, -0.2) is 0 Å². The van der Waals surface area contributed by atoms with Crippen LogP contribution in [0.1, 0.15) is 11.1 Å². The third-order valence-corrected chi connectivity index (χ3v) is 5.08. The van der Waals surface area contributed by atoms with Crippen molar-refractivity contribution in [2.45, 2.75) is 6.42 Å². The Kier molecular flexibility index (Phi) is 9.23. The van der Waals surface area contributed by atoms with Crippen molar-refractivity contribution in [2.24, 2.45) is 0 Å². The Balaban J connectivity index is 0.000000191. The van der Waals surface area contributed by atoms with Gasteiger partial charge in [-0.15, -0.1) is 0 Å². The molecule has 0 saturated carbocycles. The largest absolute Gasteiger partial charge is 0.497 e. The zero-order chi connectivity index (χ0) is 24.2. The summed E-state index contributed by atoms with van der Waals surface area (Å²) in [4.78, 5) is 0. The number of benzene rings is 4. The van der Waals surface area contributed by atoms with Gasteiger partial charge in [0.15, 0.2) is 0 Å². The second-order valence-corrected chi connectivity index (χ2v) is 7.33. The van der Waals surface area contributed by atoms with E-state index in [0.717, 1.165) is 40.9 Å². The lowest BCUT2D eigenvalue weighted by Gasteiger charge is -2.07. The first-order valence-electron chi connectivity index (χ1n) is 10.9. The minimum Gasteiger partial charge on any atom is -0.497 e. The van der Waals surface area contributed by atoms with Crippen molar-refractivity contribution < 1.29 is 23.7 Å². The summed E-state index contributed by atoms with van der Waals surface area (Å²) in [6.45, 7) is 0. The third kappa shape index (κ3) is 7.48. The predicted octanol–water partition coefficient (Wildman–Crippen LogP) is 6.79. The minimum atomic E-state index is 0.774. The summed E-state index contributed by atoms with van der Waals surface area (Å²) >= 11 is 0. The monoisotopic (exact) mass is 458 g/mol. The van der Waals surface area contributed by atoms with Gasteiger partial charge in [-0.05, 0) is 90.3 Å². The van der Waals surface area contributed by atoms with Crippen LogP contribution in [0.25, 0.3) is 0 Å². The van der Waals surface area contributed by atoms with Gasteiger partial charge in [0.25, 0.3) is 0 Å². The van der Waals surface area contributed by atoms with E-state index in [4.69, 9.17) is 23.7 Å². The van der Waals surface area contributed by atoms with E-state index >= 15 is 0 Å². The topological polar surface area (TPSA) is 46.2 Å². The zero-order valence-corrected chi connectivity index (χ0v) is 20.0. The maximum absolute atomic E-state index is 5.67. The third-order valence-electron chi connectivity index (χ3n) is 5.08. The summed E-state index contributed by atoms with van der Waals surface area (Å²) in [7, 11) is 6.63. The molecule has 4 aromatic carbocycles. The van der Waals surface area contributed by atoms with Crippen molar-refractivity contribution in [2.75, 3.05) is 28.4 Å². The molecule has 0 fully saturated rings. The molecule has 4 rings (SSSR count). The van der Waals surface area contributed by atoms with Gasteiger partial charge < -0.3 is 23.7 Å². The highest BCUT2D eigenvalue weighted by molar-refractivity contribution is 5.37. The molecule has 0 atom stereocenters. The van der Waals surface area contributed by atoms with Crippen LogP contribution in [-0.4, -0.2) is 28.4 Å². The maximum Gasteiger partial charge on any atom is 0.127 e. The fourth-order valence-corrected chi connectivity index (χ4v) is 3.15. The van der Waals surface area contributed by atoms with Crippen LogP contribution in [0.3, 0.4) is 0 Å². The number of methoxy groups -OCH3 is 4. The van der Waals surface area contributed by atoms with E-state index in [9.17, 15) is 0 Å². The van der Waals surface area contributed by atoms with Crippen molar-refractivity contribution in [1.29, 1.82) is 0 Å². The maximum atomic E-state index is 5.67. The van der Waals surface area contributed by atoms with Crippen molar-refractivity contribution >= 4 is 0 Å². The summed E-state index contributed by atoms with van der Waals surface area (Å²) in [6, 6.07) is 31.2. The molecule has 0 heterocycles. The highest BCUT2D eigenvalue weighted by Gasteiger charge is 1.99. The minimum absolute atomic E-state index is 0.774. The molecule has 0 aliphatic heterocycles. The van der Waals surface area contributed by atoms with Crippen LogP contribution >= 0.6 is 0 Å². The molecule has 0 aliphatic rings. The molecule has 34 heavy (non-hydrogen) atoms. The molecule has 176 valence electrons. The van der Waals surface area contributed by atoms with Crippen LogP contribution in [-0.2, 0) is 6.42 Å². The molecule has 0 unspecified atom stereocenters. The van der Waals surface area contributed by atoms with Gasteiger partial charge >= 0.3 is 0 Å². The van der Waals surface area contributed by atoms with Crippen LogP contribution in [0.2, 0.25) is 0 Å².